The van der Waals surface area contributed by atoms with Crippen LogP contribution in [0.5, 0.6) is 0 Å². The Morgan fingerprint density at radius 3 is 1.31 bits per heavy atom. The predicted molar refractivity (Wildman–Crippen MR) is 72.7 cm³/mol. The minimum absolute atomic E-state index is 0.0307. The number of nitrogens with two attached hydrogens (primary N) is 1. The van der Waals surface area contributed by atoms with Crippen molar-refractivity contribution in [3.8, 4) is 0 Å². The van der Waals surface area contributed by atoms with Gasteiger partial charge in [0.25, 0.3) is 0 Å². The van der Waals surface area contributed by atoms with Crippen molar-refractivity contribution < 1.29 is 0 Å². The number of guanidine groups is 1. The maximum Gasteiger partial charge on any atom is 0.192 e. The molecule has 0 aliphatic heterocycles. The van der Waals surface area contributed by atoms with E-state index in [9.17, 15) is 0 Å². The monoisotopic (exact) mass is 227 g/mol. The molecule has 0 unspecified atom stereocenters. The predicted octanol–water partition coefficient (Wildman–Crippen LogP) is 3.00. The van der Waals surface area contributed by atoms with Gasteiger partial charge < -0.3 is 10.6 Å². The third-order valence-corrected chi connectivity index (χ3v) is 2.02. The van der Waals surface area contributed by atoms with E-state index in [1.165, 1.54) is 0 Å². The molecule has 0 aromatic heterocycles. The molecule has 2 N–H and O–H groups in total. The second kappa shape index (κ2) is 4.27. The Bertz CT molecular complexity index is 244. The van der Waals surface area contributed by atoms with Crippen molar-refractivity contribution >= 4 is 5.96 Å². The summed E-state index contributed by atoms with van der Waals surface area (Å²) in [6.07, 6.45) is 0. The van der Waals surface area contributed by atoms with E-state index in [1.807, 2.05) is 0 Å². The van der Waals surface area contributed by atoms with E-state index in [0.717, 1.165) is 0 Å². The van der Waals surface area contributed by atoms with Gasteiger partial charge in [0.2, 0.25) is 0 Å². The topological polar surface area (TPSA) is 41.6 Å². The van der Waals surface area contributed by atoms with Crippen LogP contribution in [-0.4, -0.2) is 27.5 Å². The highest BCUT2D eigenvalue weighted by Gasteiger charge is 2.33. The van der Waals surface area contributed by atoms with Gasteiger partial charge in [0.15, 0.2) is 5.96 Å². The van der Waals surface area contributed by atoms with Crippen LogP contribution in [0, 0.1) is 0 Å². The summed E-state index contributed by atoms with van der Waals surface area (Å²) in [5.41, 5.74) is 5.95. The maximum atomic E-state index is 6.15. The highest BCUT2D eigenvalue weighted by Crippen LogP contribution is 2.25. The summed E-state index contributed by atoms with van der Waals surface area (Å²) in [4.78, 5) is 6.73. The van der Waals surface area contributed by atoms with E-state index in [1.54, 1.807) is 0 Å². The summed E-state index contributed by atoms with van der Waals surface area (Å²) < 4.78 is 0. The van der Waals surface area contributed by atoms with E-state index in [-0.39, 0.29) is 16.6 Å². The SMILES string of the molecule is CC(C)(C)N=C(N)N(C(C)(C)C)C(C)(C)C. The number of nitrogens with zero attached hydrogens (tertiary/aromatic N) is 2. The Morgan fingerprint density at radius 2 is 1.12 bits per heavy atom. The second-order valence-electron chi connectivity index (χ2n) is 7.32. The van der Waals surface area contributed by atoms with Crippen molar-refractivity contribution in [2.75, 3.05) is 0 Å². The van der Waals surface area contributed by atoms with Gasteiger partial charge in [0.1, 0.15) is 0 Å². The van der Waals surface area contributed by atoms with Crippen molar-refractivity contribution in [3.05, 3.63) is 0 Å². The Morgan fingerprint density at radius 1 is 0.812 bits per heavy atom. The lowest BCUT2D eigenvalue weighted by molar-refractivity contribution is 0.121. The Labute approximate surface area is 101 Å². The van der Waals surface area contributed by atoms with E-state index in [0.29, 0.717) is 5.96 Å². The lowest BCUT2D eigenvalue weighted by Gasteiger charge is -2.46. The molecule has 0 rings (SSSR count). The van der Waals surface area contributed by atoms with Crippen LogP contribution in [0.3, 0.4) is 0 Å². The largest absolute Gasteiger partial charge is 0.370 e. The zero-order valence-corrected chi connectivity index (χ0v) is 12.5. The molecule has 0 aliphatic carbocycles. The van der Waals surface area contributed by atoms with Gasteiger partial charge in [-0.3, -0.25) is 0 Å². The highest BCUT2D eigenvalue weighted by molar-refractivity contribution is 5.80. The van der Waals surface area contributed by atoms with Crippen LogP contribution in [0.1, 0.15) is 62.3 Å². The number of rotatable bonds is 0. The molecule has 0 amide bonds. The first kappa shape index (κ1) is 15.3. The van der Waals surface area contributed by atoms with Crippen LogP contribution in [0.25, 0.3) is 0 Å². The summed E-state index contributed by atoms with van der Waals surface area (Å²) in [6, 6.07) is 0. The molecule has 3 heteroatoms. The summed E-state index contributed by atoms with van der Waals surface area (Å²) in [5, 5.41) is 0. The molecule has 0 aliphatic rings. The molecular weight excluding hydrogens is 198 g/mol. The molecule has 0 saturated heterocycles. The van der Waals surface area contributed by atoms with Crippen LogP contribution in [0.2, 0.25) is 0 Å². The van der Waals surface area contributed by atoms with Gasteiger partial charge in [0, 0.05) is 11.1 Å². The molecule has 0 fully saturated rings. The maximum absolute atomic E-state index is 6.15. The first-order valence-electron chi connectivity index (χ1n) is 5.91. The molecule has 0 aromatic rings. The van der Waals surface area contributed by atoms with Gasteiger partial charge in [-0.2, -0.15) is 0 Å². The number of hydrogen-bond acceptors (Lipinski definition) is 1. The normalized spacial score (nSPS) is 15.2. The van der Waals surface area contributed by atoms with Gasteiger partial charge in [-0.15, -0.1) is 0 Å². The fraction of sp³-hybridized carbons (Fsp3) is 0.923. The molecule has 0 spiro atoms. The van der Waals surface area contributed by atoms with Crippen LogP contribution in [0.4, 0.5) is 0 Å². The smallest absolute Gasteiger partial charge is 0.192 e. The second-order valence-corrected chi connectivity index (χ2v) is 7.32. The molecule has 0 bridgehead atoms. The number of aliphatic imine (C=N–C) groups is 1. The van der Waals surface area contributed by atoms with Gasteiger partial charge >= 0.3 is 0 Å². The Hall–Kier alpha value is -0.730. The van der Waals surface area contributed by atoms with E-state index < -0.39 is 0 Å². The van der Waals surface area contributed by atoms with Crippen LogP contribution in [-0.2, 0) is 0 Å². The minimum Gasteiger partial charge on any atom is -0.370 e. The first-order valence-corrected chi connectivity index (χ1v) is 5.91. The lowest BCUT2D eigenvalue weighted by Crippen LogP contribution is -2.58. The van der Waals surface area contributed by atoms with Crippen LogP contribution < -0.4 is 5.73 Å². The van der Waals surface area contributed by atoms with Gasteiger partial charge in [0.05, 0.1) is 5.54 Å². The minimum atomic E-state index is -0.140. The molecule has 0 radical (unpaired) electrons. The standard InChI is InChI=1S/C13H29N3/c1-11(2,3)15-10(14)16(12(4,5)6)13(7,8)9/h1-9H3,(H2,14,15). The molecule has 0 atom stereocenters. The molecule has 96 valence electrons. The van der Waals surface area contributed by atoms with Crippen molar-refractivity contribution in [2.24, 2.45) is 10.7 Å². The zero-order valence-electron chi connectivity index (χ0n) is 12.5. The van der Waals surface area contributed by atoms with Crippen molar-refractivity contribution in [2.45, 2.75) is 78.9 Å². The highest BCUT2D eigenvalue weighted by atomic mass is 15.3. The van der Waals surface area contributed by atoms with E-state index in [4.69, 9.17) is 5.73 Å². The molecule has 3 nitrogen and oxygen atoms in total. The Balaban J connectivity index is 5.33. The average Bonchev–Trinajstić information content (AvgIpc) is 1.70. The summed E-state index contributed by atoms with van der Waals surface area (Å²) in [5.74, 6) is 0.618. The molecular formula is C13H29N3. The quantitative estimate of drug-likeness (QED) is 0.510. The molecule has 0 aromatic carbocycles. The van der Waals surface area contributed by atoms with Crippen LogP contribution in [0.15, 0.2) is 4.99 Å². The third kappa shape index (κ3) is 4.86. The zero-order chi connectivity index (χ0) is 13.4. The third-order valence-electron chi connectivity index (χ3n) is 2.02. The van der Waals surface area contributed by atoms with Crippen LogP contribution >= 0.6 is 0 Å². The van der Waals surface area contributed by atoms with Crippen molar-refractivity contribution in [1.82, 2.24) is 4.90 Å². The number of hydrogen-bond donors (Lipinski definition) is 1. The molecule has 0 saturated carbocycles. The Kier molecular flexibility index (Phi) is 4.07. The summed E-state index contributed by atoms with van der Waals surface area (Å²) in [6.45, 7) is 19.1. The van der Waals surface area contributed by atoms with Crippen molar-refractivity contribution in [1.29, 1.82) is 0 Å². The molecule has 16 heavy (non-hydrogen) atoms. The fourth-order valence-corrected chi connectivity index (χ4v) is 2.09. The average molecular weight is 227 g/mol. The van der Waals surface area contributed by atoms with E-state index in [2.05, 4.69) is 72.2 Å². The van der Waals surface area contributed by atoms with Crippen molar-refractivity contribution in [3.63, 3.8) is 0 Å². The van der Waals surface area contributed by atoms with Gasteiger partial charge in [-0.05, 0) is 62.3 Å². The fourth-order valence-electron chi connectivity index (χ4n) is 2.09. The molecule has 0 heterocycles. The lowest BCUT2D eigenvalue weighted by atomic mass is 9.96. The summed E-state index contributed by atoms with van der Waals surface area (Å²) in [7, 11) is 0. The summed E-state index contributed by atoms with van der Waals surface area (Å²) >= 11 is 0. The van der Waals surface area contributed by atoms with Gasteiger partial charge in [-0.25, -0.2) is 4.99 Å². The van der Waals surface area contributed by atoms with E-state index >= 15 is 0 Å². The first-order chi connectivity index (χ1) is 6.75. The van der Waals surface area contributed by atoms with Gasteiger partial charge in [-0.1, -0.05) is 0 Å².